The van der Waals surface area contributed by atoms with Gasteiger partial charge >= 0.3 is 0 Å². The molecule has 0 amide bonds. The van der Waals surface area contributed by atoms with Crippen molar-refractivity contribution in [1.82, 2.24) is 10.3 Å². The summed E-state index contributed by atoms with van der Waals surface area (Å²) in [5.74, 6) is -0.210. The second kappa shape index (κ2) is 6.07. The van der Waals surface area contributed by atoms with Gasteiger partial charge in [-0.2, -0.15) is 0 Å². The number of rotatable bonds is 4. The maximum Gasteiger partial charge on any atom is 0.123 e. The number of nitrogens with one attached hydrogen (secondary N) is 1. The first-order chi connectivity index (χ1) is 8.70. The zero-order valence-electron chi connectivity index (χ0n) is 10.0. The van der Waals surface area contributed by atoms with Crippen molar-refractivity contribution in [3.63, 3.8) is 0 Å². The second-order valence-corrected chi connectivity index (χ2v) is 4.92. The SMILES string of the molecule is CNC(Cc1cc(F)ccc1Br)c1ccncc1. The predicted octanol–water partition coefficient (Wildman–Crippen LogP) is 3.49. The minimum atomic E-state index is -0.210. The van der Waals surface area contributed by atoms with Crippen LogP contribution in [0.25, 0.3) is 0 Å². The highest BCUT2D eigenvalue weighted by Crippen LogP contribution is 2.24. The van der Waals surface area contributed by atoms with Crippen LogP contribution in [0, 0.1) is 5.82 Å². The highest BCUT2D eigenvalue weighted by atomic mass is 79.9. The summed E-state index contributed by atoms with van der Waals surface area (Å²) in [6.07, 6.45) is 4.25. The van der Waals surface area contributed by atoms with Crippen molar-refractivity contribution in [2.75, 3.05) is 7.05 Å². The molecule has 0 radical (unpaired) electrons. The van der Waals surface area contributed by atoms with Gasteiger partial charge in [-0.3, -0.25) is 4.98 Å². The molecule has 2 rings (SSSR count). The summed E-state index contributed by atoms with van der Waals surface area (Å²) in [7, 11) is 1.90. The standard InChI is InChI=1S/C14H14BrFN2/c1-17-14(10-4-6-18-7-5-10)9-11-8-12(16)2-3-13(11)15/h2-8,14,17H,9H2,1H3. The molecular formula is C14H14BrFN2. The van der Waals surface area contributed by atoms with E-state index >= 15 is 0 Å². The molecule has 94 valence electrons. The molecule has 0 saturated heterocycles. The third-order valence-corrected chi connectivity index (χ3v) is 3.66. The van der Waals surface area contributed by atoms with Crippen LogP contribution in [-0.4, -0.2) is 12.0 Å². The Morgan fingerprint density at radius 3 is 2.67 bits per heavy atom. The summed E-state index contributed by atoms with van der Waals surface area (Å²) in [6, 6.07) is 8.84. The second-order valence-electron chi connectivity index (χ2n) is 4.06. The van der Waals surface area contributed by atoms with E-state index in [9.17, 15) is 4.39 Å². The number of hydrogen-bond donors (Lipinski definition) is 1. The van der Waals surface area contributed by atoms with Crippen molar-refractivity contribution in [1.29, 1.82) is 0 Å². The van der Waals surface area contributed by atoms with Gasteiger partial charge in [-0.1, -0.05) is 15.9 Å². The molecule has 2 aromatic rings. The summed E-state index contributed by atoms with van der Waals surface area (Å²) < 4.78 is 14.2. The Kier molecular flexibility index (Phi) is 4.44. The van der Waals surface area contributed by atoms with Gasteiger partial charge in [-0.15, -0.1) is 0 Å². The normalized spacial score (nSPS) is 12.4. The van der Waals surface area contributed by atoms with Crippen molar-refractivity contribution in [2.45, 2.75) is 12.5 Å². The molecule has 0 bridgehead atoms. The number of benzene rings is 1. The third-order valence-electron chi connectivity index (χ3n) is 2.89. The van der Waals surface area contributed by atoms with Crippen molar-refractivity contribution < 1.29 is 4.39 Å². The molecule has 1 N–H and O–H groups in total. The molecule has 1 aromatic heterocycles. The lowest BCUT2D eigenvalue weighted by Gasteiger charge is -2.17. The van der Waals surface area contributed by atoms with Gasteiger partial charge in [0, 0.05) is 22.9 Å². The molecule has 0 fully saturated rings. The molecule has 1 atom stereocenters. The van der Waals surface area contributed by atoms with E-state index in [1.54, 1.807) is 24.5 Å². The molecular weight excluding hydrogens is 295 g/mol. The summed E-state index contributed by atoms with van der Waals surface area (Å²) in [5.41, 5.74) is 2.09. The molecule has 1 unspecified atom stereocenters. The van der Waals surface area contributed by atoms with E-state index in [4.69, 9.17) is 0 Å². The van der Waals surface area contributed by atoms with E-state index in [0.29, 0.717) is 0 Å². The number of likely N-dealkylation sites (N-methyl/N-ethyl adjacent to an activating group) is 1. The van der Waals surface area contributed by atoms with E-state index in [1.165, 1.54) is 6.07 Å². The first-order valence-electron chi connectivity index (χ1n) is 5.72. The Morgan fingerprint density at radius 1 is 1.28 bits per heavy atom. The number of aromatic nitrogens is 1. The summed E-state index contributed by atoms with van der Waals surface area (Å²) in [5, 5.41) is 3.24. The van der Waals surface area contributed by atoms with Crippen molar-refractivity contribution in [3.05, 3.63) is 64.1 Å². The maximum absolute atomic E-state index is 13.3. The van der Waals surface area contributed by atoms with Crippen LogP contribution in [0.15, 0.2) is 47.2 Å². The lowest BCUT2D eigenvalue weighted by Crippen LogP contribution is -2.19. The highest BCUT2D eigenvalue weighted by molar-refractivity contribution is 9.10. The molecule has 2 nitrogen and oxygen atoms in total. The smallest absolute Gasteiger partial charge is 0.123 e. The van der Waals surface area contributed by atoms with Gasteiger partial charge in [0.1, 0.15) is 5.82 Å². The summed E-state index contributed by atoms with van der Waals surface area (Å²) in [6.45, 7) is 0. The first kappa shape index (κ1) is 13.2. The fraction of sp³-hybridized carbons (Fsp3) is 0.214. The largest absolute Gasteiger partial charge is 0.313 e. The number of nitrogens with zero attached hydrogens (tertiary/aromatic N) is 1. The minimum absolute atomic E-state index is 0.145. The quantitative estimate of drug-likeness (QED) is 0.935. The Hall–Kier alpha value is -1.26. The number of halogens is 2. The number of pyridine rings is 1. The molecule has 0 aliphatic heterocycles. The minimum Gasteiger partial charge on any atom is -0.313 e. The Morgan fingerprint density at radius 2 is 2.00 bits per heavy atom. The Bertz CT molecular complexity index is 516. The summed E-state index contributed by atoms with van der Waals surface area (Å²) in [4.78, 5) is 4.00. The van der Waals surface area contributed by atoms with Gasteiger partial charge in [-0.05, 0) is 54.9 Å². The number of hydrogen-bond acceptors (Lipinski definition) is 2. The molecule has 0 saturated carbocycles. The fourth-order valence-corrected chi connectivity index (χ4v) is 2.31. The molecule has 0 aliphatic carbocycles. The van der Waals surface area contributed by atoms with Gasteiger partial charge in [0.25, 0.3) is 0 Å². The maximum atomic E-state index is 13.3. The van der Waals surface area contributed by atoms with Crippen LogP contribution >= 0.6 is 15.9 Å². The Labute approximate surface area is 114 Å². The van der Waals surface area contributed by atoms with E-state index in [2.05, 4.69) is 26.2 Å². The molecule has 4 heteroatoms. The fourth-order valence-electron chi connectivity index (χ4n) is 1.90. The van der Waals surface area contributed by atoms with Gasteiger partial charge in [0.2, 0.25) is 0 Å². The van der Waals surface area contributed by atoms with Gasteiger partial charge in [0.05, 0.1) is 0 Å². The van der Waals surface area contributed by atoms with Crippen molar-refractivity contribution in [3.8, 4) is 0 Å². The van der Waals surface area contributed by atoms with Crippen LogP contribution < -0.4 is 5.32 Å². The average molecular weight is 309 g/mol. The lowest BCUT2D eigenvalue weighted by atomic mass is 10.00. The Balaban J connectivity index is 2.23. The van der Waals surface area contributed by atoms with Crippen LogP contribution in [-0.2, 0) is 6.42 Å². The van der Waals surface area contributed by atoms with Crippen molar-refractivity contribution in [2.24, 2.45) is 0 Å². The zero-order valence-corrected chi connectivity index (χ0v) is 11.6. The monoisotopic (exact) mass is 308 g/mol. The van der Waals surface area contributed by atoms with Crippen LogP contribution in [0.5, 0.6) is 0 Å². The van der Waals surface area contributed by atoms with E-state index < -0.39 is 0 Å². The van der Waals surface area contributed by atoms with Gasteiger partial charge in [-0.25, -0.2) is 4.39 Å². The lowest BCUT2D eigenvalue weighted by molar-refractivity contribution is 0.582. The van der Waals surface area contributed by atoms with Crippen LogP contribution in [0.2, 0.25) is 0 Å². The van der Waals surface area contributed by atoms with E-state index in [-0.39, 0.29) is 11.9 Å². The summed E-state index contributed by atoms with van der Waals surface area (Å²) >= 11 is 3.45. The zero-order chi connectivity index (χ0) is 13.0. The van der Waals surface area contributed by atoms with Crippen molar-refractivity contribution >= 4 is 15.9 Å². The van der Waals surface area contributed by atoms with E-state index in [0.717, 1.165) is 22.0 Å². The van der Waals surface area contributed by atoms with Gasteiger partial charge in [0.15, 0.2) is 0 Å². The third kappa shape index (κ3) is 3.15. The topological polar surface area (TPSA) is 24.9 Å². The molecule has 1 aromatic carbocycles. The average Bonchev–Trinajstić information content (AvgIpc) is 2.41. The first-order valence-corrected chi connectivity index (χ1v) is 6.51. The van der Waals surface area contributed by atoms with Crippen LogP contribution in [0.1, 0.15) is 17.2 Å². The van der Waals surface area contributed by atoms with Gasteiger partial charge < -0.3 is 5.32 Å². The van der Waals surface area contributed by atoms with E-state index in [1.807, 2.05) is 19.2 Å². The molecule has 0 aliphatic rings. The molecule has 18 heavy (non-hydrogen) atoms. The van der Waals surface area contributed by atoms with Crippen LogP contribution in [0.4, 0.5) is 4.39 Å². The molecule has 1 heterocycles. The molecule has 0 spiro atoms. The van der Waals surface area contributed by atoms with Crippen LogP contribution in [0.3, 0.4) is 0 Å². The predicted molar refractivity (Wildman–Crippen MR) is 73.8 cm³/mol. The highest BCUT2D eigenvalue weighted by Gasteiger charge is 2.12.